The lowest BCUT2D eigenvalue weighted by atomic mass is 10.1. The minimum absolute atomic E-state index is 0.0109. The van der Waals surface area contributed by atoms with E-state index in [1.54, 1.807) is 16.5 Å². The summed E-state index contributed by atoms with van der Waals surface area (Å²) in [6.45, 7) is 1.98. The van der Waals surface area contributed by atoms with Gasteiger partial charge in [-0.05, 0) is 31.0 Å². The van der Waals surface area contributed by atoms with Gasteiger partial charge in [0.15, 0.2) is 4.96 Å². The fraction of sp³-hybridized carbons (Fsp3) is 0.263. The zero-order valence-corrected chi connectivity index (χ0v) is 14.4. The van der Waals surface area contributed by atoms with Crippen LogP contribution in [0.1, 0.15) is 39.7 Å². The Labute approximate surface area is 148 Å². The Kier molecular flexibility index (Phi) is 3.63. The molecule has 25 heavy (non-hydrogen) atoms. The summed E-state index contributed by atoms with van der Waals surface area (Å²) in [4.78, 5) is 19.0. The molecule has 122 valence electrons. The number of rotatable bonds is 3. The molecule has 2 atom stereocenters. The van der Waals surface area contributed by atoms with Crippen molar-refractivity contribution in [3.8, 4) is 12.1 Å². The predicted molar refractivity (Wildman–Crippen MR) is 94.5 cm³/mol. The number of aromatic nitrogens is 2. The maximum Gasteiger partial charge on any atom is 0.258 e. The van der Waals surface area contributed by atoms with Gasteiger partial charge in [-0.3, -0.25) is 9.20 Å². The van der Waals surface area contributed by atoms with Gasteiger partial charge in [0, 0.05) is 29.0 Å². The molecule has 6 heteroatoms. The molecule has 3 aromatic rings. The molecule has 0 bridgehead atoms. The van der Waals surface area contributed by atoms with E-state index < -0.39 is 0 Å². The van der Waals surface area contributed by atoms with Crippen molar-refractivity contribution in [1.82, 2.24) is 9.38 Å². The minimum atomic E-state index is -0.0978. The van der Waals surface area contributed by atoms with Gasteiger partial charge in [-0.2, -0.15) is 10.5 Å². The Morgan fingerprint density at radius 3 is 2.92 bits per heavy atom. The van der Waals surface area contributed by atoms with Crippen LogP contribution in [0.2, 0.25) is 0 Å². The second kappa shape index (κ2) is 5.84. The molecule has 5 nitrogen and oxygen atoms in total. The van der Waals surface area contributed by atoms with Crippen LogP contribution < -0.4 is 5.56 Å². The lowest BCUT2D eigenvalue weighted by molar-refractivity contribution is 0.885. The monoisotopic (exact) mass is 346 g/mol. The number of nitriles is 2. The number of nitrogens with zero attached hydrogens (tertiary/aromatic N) is 4. The lowest BCUT2D eigenvalue weighted by Crippen LogP contribution is -2.16. The summed E-state index contributed by atoms with van der Waals surface area (Å²) in [5.41, 5.74) is 3.10. The van der Waals surface area contributed by atoms with E-state index in [2.05, 4.69) is 17.1 Å². The minimum Gasteiger partial charge on any atom is -0.269 e. The zero-order valence-electron chi connectivity index (χ0n) is 13.6. The van der Waals surface area contributed by atoms with Gasteiger partial charge in [0.05, 0.1) is 29.3 Å². The second-order valence-electron chi connectivity index (χ2n) is 6.31. The molecule has 0 spiro atoms. The Morgan fingerprint density at radius 2 is 2.20 bits per heavy atom. The molecule has 0 unspecified atom stereocenters. The van der Waals surface area contributed by atoms with Gasteiger partial charge < -0.3 is 0 Å². The van der Waals surface area contributed by atoms with Gasteiger partial charge >= 0.3 is 0 Å². The van der Waals surface area contributed by atoms with E-state index in [0.717, 1.165) is 22.6 Å². The van der Waals surface area contributed by atoms with Crippen molar-refractivity contribution in [3.05, 3.63) is 68.1 Å². The normalized spacial score (nSPS) is 18.7. The van der Waals surface area contributed by atoms with Crippen LogP contribution in [-0.4, -0.2) is 9.38 Å². The van der Waals surface area contributed by atoms with Crippen molar-refractivity contribution < 1.29 is 0 Å². The number of aryl methyl sites for hydroxylation is 1. The summed E-state index contributed by atoms with van der Waals surface area (Å²) in [5, 5.41) is 18.1. The topological polar surface area (TPSA) is 81.9 Å². The van der Waals surface area contributed by atoms with Gasteiger partial charge in [-0.1, -0.05) is 12.1 Å². The average Bonchev–Trinajstić information content (AvgIpc) is 3.29. The number of hydrogen-bond donors (Lipinski definition) is 0. The third kappa shape index (κ3) is 2.71. The third-order valence-electron chi connectivity index (χ3n) is 4.54. The van der Waals surface area contributed by atoms with Gasteiger partial charge in [-0.15, -0.1) is 11.3 Å². The Morgan fingerprint density at radius 1 is 1.36 bits per heavy atom. The third-order valence-corrected chi connectivity index (χ3v) is 5.51. The molecule has 0 saturated heterocycles. The highest BCUT2D eigenvalue weighted by Gasteiger charge is 2.42. The first-order valence-corrected chi connectivity index (χ1v) is 8.83. The Balaban J connectivity index is 1.75. The van der Waals surface area contributed by atoms with Crippen molar-refractivity contribution in [2.24, 2.45) is 5.92 Å². The van der Waals surface area contributed by atoms with E-state index in [1.165, 1.54) is 11.3 Å². The first-order valence-electron chi connectivity index (χ1n) is 8.01. The highest BCUT2D eigenvalue weighted by atomic mass is 32.1. The van der Waals surface area contributed by atoms with E-state index in [-0.39, 0.29) is 17.4 Å². The van der Waals surface area contributed by atoms with Crippen molar-refractivity contribution in [2.75, 3.05) is 0 Å². The molecular weight excluding hydrogens is 332 g/mol. The van der Waals surface area contributed by atoms with Crippen LogP contribution in [0.15, 0.2) is 35.1 Å². The van der Waals surface area contributed by atoms with Gasteiger partial charge in [0.2, 0.25) is 0 Å². The van der Waals surface area contributed by atoms with Crippen LogP contribution in [-0.2, 0) is 6.42 Å². The second-order valence-corrected chi connectivity index (χ2v) is 7.50. The van der Waals surface area contributed by atoms with Gasteiger partial charge in [0.1, 0.15) is 0 Å². The summed E-state index contributed by atoms with van der Waals surface area (Å²) in [5.74, 6) is 0.160. The molecule has 2 heterocycles. The maximum atomic E-state index is 12.7. The fourth-order valence-corrected chi connectivity index (χ4v) is 4.32. The number of thiazole rings is 1. The molecule has 1 aromatic carbocycles. The Bertz CT molecular complexity index is 1130. The standard InChI is InChI=1S/C19H14N4OS/c1-11-18(16-7-14(16)10-21)23-17(24)8-15(22-19(23)25-11)6-12-3-2-4-13(5-12)9-20/h2-5,8,14,16H,6-7H2,1H3/t14-,16+/m0/s1. The molecule has 0 N–H and O–H groups in total. The highest BCUT2D eigenvalue weighted by Crippen LogP contribution is 2.48. The van der Waals surface area contributed by atoms with Crippen LogP contribution in [0.4, 0.5) is 0 Å². The Hall–Kier alpha value is -2.96. The molecule has 1 fully saturated rings. The molecule has 1 saturated carbocycles. The van der Waals surface area contributed by atoms with E-state index in [9.17, 15) is 4.79 Å². The lowest BCUT2D eigenvalue weighted by Gasteiger charge is -2.04. The van der Waals surface area contributed by atoms with Gasteiger partial charge in [-0.25, -0.2) is 4.98 Å². The smallest absolute Gasteiger partial charge is 0.258 e. The summed E-state index contributed by atoms with van der Waals surface area (Å²) < 4.78 is 1.66. The van der Waals surface area contributed by atoms with Crippen molar-refractivity contribution in [2.45, 2.75) is 25.7 Å². The number of fused-ring (bicyclic) bond motifs is 1. The van der Waals surface area contributed by atoms with Crippen LogP contribution in [0.5, 0.6) is 0 Å². The van der Waals surface area contributed by atoms with Gasteiger partial charge in [0.25, 0.3) is 5.56 Å². The fourth-order valence-electron chi connectivity index (χ4n) is 3.26. The summed E-state index contributed by atoms with van der Waals surface area (Å²) in [7, 11) is 0. The largest absolute Gasteiger partial charge is 0.269 e. The molecule has 1 aliphatic carbocycles. The van der Waals surface area contributed by atoms with Crippen molar-refractivity contribution >= 4 is 16.3 Å². The first-order chi connectivity index (χ1) is 12.1. The maximum absolute atomic E-state index is 12.7. The van der Waals surface area contributed by atoms with E-state index in [0.29, 0.717) is 22.6 Å². The zero-order chi connectivity index (χ0) is 17.6. The van der Waals surface area contributed by atoms with Crippen molar-refractivity contribution in [1.29, 1.82) is 10.5 Å². The van der Waals surface area contributed by atoms with Crippen LogP contribution in [0.3, 0.4) is 0 Å². The molecule has 1 aliphatic rings. The first kappa shape index (κ1) is 15.6. The van der Waals surface area contributed by atoms with E-state index in [1.807, 2.05) is 25.1 Å². The number of benzene rings is 1. The predicted octanol–water partition coefficient (Wildman–Crippen LogP) is 3.15. The SMILES string of the molecule is Cc1sc2nc(Cc3cccc(C#N)c3)cc(=O)n2c1[C@@H]1C[C@H]1C#N. The summed E-state index contributed by atoms with van der Waals surface area (Å²) >= 11 is 1.50. The van der Waals surface area contributed by atoms with Crippen molar-refractivity contribution in [3.63, 3.8) is 0 Å². The molecular formula is C19H14N4OS. The molecule has 2 aromatic heterocycles. The van der Waals surface area contributed by atoms with Crippen LogP contribution in [0.25, 0.3) is 4.96 Å². The average molecular weight is 346 g/mol. The summed E-state index contributed by atoms with van der Waals surface area (Å²) in [6.07, 6.45) is 1.33. The molecule has 4 rings (SSSR count). The molecule has 0 aliphatic heterocycles. The highest BCUT2D eigenvalue weighted by molar-refractivity contribution is 7.17. The summed E-state index contributed by atoms with van der Waals surface area (Å²) in [6, 6.07) is 13.3. The van der Waals surface area contributed by atoms with E-state index in [4.69, 9.17) is 10.5 Å². The molecule has 0 amide bonds. The quantitative estimate of drug-likeness (QED) is 0.729. The number of hydrogen-bond acceptors (Lipinski definition) is 5. The van der Waals surface area contributed by atoms with E-state index >= 15 is 0 Å². The van der Waals surface area contributed by atoms with Crippen LogP contribution >= 0.6 is 11.3 Å². The van der Waals surface area contributed by atoms with Crippen LogP contribution in [0, 0.1) is 35.5 Å². The molecule has 0 radical (unpaired) electrons.